The van der Waals surface area contributed by atoms with E-state index in [1.165, 1.54) is 17.7 Å². The summed E-state index contributed by atoms with van der Waals surface area (Å²) in [6.45, 7) is 3.72. The lowest BCUT2D eigenvalue weighted by Crippen LogP contribution is -2.32. The Morgan fingerprint density at radius 3 is 2.38 bits per heavy atom. The number of benzene rings is 2. The number of carboxylic acids is 1. The van der Waals surface area contributed by atoms with E-state index in [1.807, 2.05) is 60.8 Å². The number of aromatic nitrogens is 2. The lowest BCUT2D eigenvalue weighted by molar-refractivity contribution is -0.134. The molecule has 42 heavy (non-hydrogen) atoms. The highest BCUT2D eigenvalue weighted by Crippen LogP contribution is 2.35. The Hall–Kier alpha value is -3.52. The Bertz CT molecular complexity index is 1520. The summed E-state index contributed by atoms with van der Waals surface area (Å²) in [4.78, 5) is 23.5. The van der Waals surface area contributed by atoms with E-state index < -0.39 is 27.7 Å². The van der Waals surface area contributed by atoms with E-state index in [0.717, 1.165) is 48.5 Å². The standard InChI is InChI=1S/C27H29N3O5S3.C2H4O2/c1-2-3-4-8-16-35-23-13-11-20(12-14-23)25-21(19-30(28-25)22-9-6-5-7-10-22)18-24-26(31)29(27(36)37-24)15-17-38(32,33)34;1-2(3)4/h5-7,9-14,18-19H,2-4,8,15-17H2,1H3,(H,32,33,34);1H3,(H,3,4). The van der Waals surface area contributed by atoms with Crippen LogP contribution in [-0.4, -0.2) is 67.9 Å². The fraction of sp³-hybridized carbons (Fsp3) is 0.310. The van der Waals surface area contributed by atoms with E-state index in [1.54, 1.807) is 10.8 Å². The maximum absolute atomic E-state index is 13.0. The second-order valence-electron chi connectivity index (χ2n) is 9.29. The second-order valence-corrected chi connectivity index (χ2v) is 12.5. The van der Waals surface area contributed by atoms with Gasteiger partial charge in [-0.25, -0.2) is 4.68 Å². The average Bonchev–Trinajstić information content (AvgIpc) is 3.47. The number of thiocarbonyl (C=S) groups is 1. The minimum atomic E-state index is -4.22. The van der Waals surface area contributed by atoms with Crippen LogP contribution in [0, 0.1) is 0 Å². The molecule has 0 unspecified atom stereocenters. The van der Waals surface area contributed by atoms with Crippen LogP contribution in [0.1, 0.15) is 45.1 Å². The molecule has 3 aromatic rings. The summed E-state index contributed by atoms with van der Waals surface area (Å²) in [7, 11) is -4.22. The number of ether oxygens (including phenoxy) is 1. The molecule has 0 atom stereocenters. The molecule has 13 heteroatoms. The van der Waals surface area contributed by atoms with Gasteiger partial charge in [0.15, 0.2) is 0 Å². The SMILES string of the molecule is CC(=O)O.CCCCCCOc1ccc(-c2nn(-c3ccccc3)cc2C=C2SC(=S)N(CCS(=O)(=O)O)C2=O)cc1. The van der Waals surface area contributed by atoms with Gasteiger partial charge in [-0.15, -0.1) is 0 Å². The Morgan fingerprint density at radius 1 is 1.10 bits per heavy atom. The molecule has 1 aliphatic heterocycles. The van der Waals surface area contributed by atoms with E-state index in [9.17, 15) is 13.2 Å². The summed E-state index contributed by atoms with van der Waals surface area (Å²) in [5, 5.41) is 12.2. The van der Waals surface area contributed by atoms with Gasteiger partial charge in [-0.1, -0.05) is 68.4 Å². The van der Waals surface area contributed by atoms with Crippen LogP contribution < -0.4 is 4.74 Å². The van der Waals surface area contributed by atoms with Crippen molar-refractivity contribution in [2.45, 2.75) is 39.5 Å². The van der Waals surface area contributed by atoms with E-state index in [4.69, 9.17) is 36.5 Å². The summed E-state index contributed by atoms with van der Waals surface area (Å²) < 4.78 is 39.3. The third kappa shape index (κ3) is 10.1. The molecule has 0 spiro atoms. The van der Waals surface area contributed by atoms with Crippen LogP contribution in [0.15, 0.2) is 65.7 Å². The second kappa shape index (κ2) is 15.6. The number of nitrogens with zero attached hydrogens (tertiary/aromatic N) is 3. The van der Waals surface area contributed by atoms with Crippen molar-refractivity contribution in [1.82, 2.24) is 14.7 Å². The van der Waals surface area contributed by atoms with Crippen molar-refractivity contribution >= 4 is 56.4 Å². The number of carboxylic acid groups (broad SMARTS) is 1. The molecule has 1 saturated heterocycles. The van der Waals surface area contributed by atoms with Crippen LogP contribution in [-0.2, 0) is 19.7 Å². The lowest BCUT2D eigenvalue weighted by Gasteiger charge is -2.12. The molecule has 4 rings (SSSR count). The van der Waals surface area contributed by atoms with Crippen molar-refractivity contribution in [1.29, 1.82) is 0 Å². The van der Waals surface area contributed by atoms with E-state index in [-0.39, 0.29) is 10.9 Å². The van der Waals surface area contributed by atoms with Gasteiger partial charge in [0.25, 0.3) is 22.0 Å². The van der Waals surface area contributed by atoms with Crippen LogP contribution in [0.5, 0.6) is 5.75 Å². The first kappa shape index (κ1) is 33.0. The molecule has 10 nitrogen and oxygen atoms in total. The predicted octanol–water partition coefficient (Wildman–Crippen LogP) is 5.68. The Kier molecular flexibility index (Phi) is 12.3. The molecule has 1 fully saturated rings. The number of thioether (sulfide) groups is 1. The molecule has 1 amide bonds. The third-order valence-electron chi connectivity index (χ3n) is 5.89. The Balaban J connectivity index is 0.00000114. The molecule has 0 saturated carbocycles. The number of hydrogen-bond donors (Lipinski definition) is 2. The zero-order chi connectivity index (χ0) is 30.7. The average molecular weight is 632 g/mol. The van der Waals surface area contributed by atoms with Gasteiger partial charge in [0.2, 0.25) is 0 Å². The maximum atomic E-state index is 13.0. The molecule has 1 aliphatic rings. The van der Waals surface area contributed by atoms with Crippen molar-refractivity contribution in [2.24, 2.45) is 0 Å². The van der Waals surface area contributed by atoms with Gasteiger partial charge < -0.3 is 9.84 Å². The smallest absolute Gasteiger partial charge is 0.300 e. The Morgan fingerprint density at radius 2 is 1.76 bits per heavy atom. The summed E-state index contributed by atoms with van der Waals surface area (Å²) in [5.41, 5.74) is 3.09. The highest BCUT2D eigenvalue weighted by Gasteiger charge is 2.33. The highest BCUT2D eigenvalue weighted by atomic mass is 32.2. The number of hydrogen-bond acceptors (Lipinski definition) is 8. The van der Waals surface area contributed by atoms with E-state index in [2.05, 4.69) is 6.92 Å². The van der Waals surface area contributed by atoms with Gasteiger partial charge in [0.05, 0.1) is 28.6 Å². The first-order chi connectivity index (χ1) is 20.0. The van der Waals surface area contributed by atoms with Crippen LogP contribution in [0.25, 0.3) is 23.0 Å². The van der Waals surface area contributed by atoms with Crippen LogP contribution in [0.2, 0.25) is 0 Å². The van der Waals surface area contributed by atoms with Crippen molar-refractivity contribution < 1.29 is 32.4 Å². The quantitative estimate of drug-likeness (QED) is 0.111. The highest BCUT2D eigenvalue weighted by molar-refractivity contribution is 8.26. The van der Waals surface area contributed by atoms with Crippen molar-refractivity contribution in [3.63, 3.8) is 0 Å². The lowest BCUT2D eigenvalue weighted by atomic mass is 10.1. The molecule has 0 aliphatic carbocycles. The minimum Gasteiger partial charge on any atom is -0.494 e. The molecule has 2 N–H and O–H groups in total. The molecule has 224 valence electrons. The number of aliphatic carboxylic acids is 1. The number of carbonyl (C=O) groups excluding carboxylic acids is 1. The molecule has 2 heterocycles. The molecular formula is C29H33N3O7S3. The van der Waals surface area contributed by atoms with Gasteiger partial charge in [-0.2, -0.15) is 13.5 Å². The van der Waals surface area contributed by atoms with Gasteiger partial charge in [-0.05, 0) is 48.9 Å². The van der Waals surface area contributed by atoms with E-state index in [0.29, 0.717) is 22.8 Å². The maximum Gasteiger partial charge on any atom is 0.300 e. The van der Waals surface area contributed by atoms with Crippen molar-refractivity contribution in [3.8, 4) is 22.7 Å². The molecule has 0 radical (unpaired) electrons. The number of amides is 1. The monoisotopic (exact) mass is 631 g/mol. The van der Waals surface area contributed by atoms with Crippen LogP contribution >= 0.6 is 24.0 Å². The summed E-state index contributed by atoms with van der Waals surface area (Å²) in [6.07, 6.45) is 8.11. The third-order valence-corrected chi connectivity index (χ3v) is 7.97. The largest absolute Gasteiger partial charge is 0.494 e. The summed E-state index contributed by atoms with van der Waals surface area (Å²) >= 11 is 6.38. The number of para-hydroxylation sites is 1. The molecule has 1 aromatic heterocycles. The molecule has 0 bridgehead atoms. The van der Waals surface area contributed by atoms with Gasteiger partial charge in [0, 0.05) is 30.8 Å². The van der Waals surface area contributed by atoms with Crippen molar-refractivity contribution in [3.05, 3.63) is 71.3 Å². The first-order valence-corrected chi connectivity index (χ1v) is 16.1. The predicted molar refractivity (Wildman–Crippen MR) is 168 cm³/mol. The van der Waals surface area contributed by atoms with E-state index >= 15 is 0 Å². The zero-order valence-electron chi connectivity index (χ0n) is 23.3. The van der Waals surface area contributed by atoms with Gasteiger partial charge in [0.1, 0.15) is 10.1 Å². The number of carbonyl (C=O) groups is 2. The van der Waals surface area contributed by atoms with Crippen LogP contribution in [0.4, 0.5) is 0 Å². The summed E-state index contributed by atoms with van der Waals surface area (Å²) in [5.74, 6) is -1.04. The number of unbranched alkanes of at least 4 members (excludes halogenated alkanes) is 3. The van der Waals surface area contributed by atoms with Gasteiger partial charge >= 0.3 is 0 Å². The van der Waals surface area contributed by atoms with Crippen molar-refractivity contribution in [2.75, 3.05) is 18.9 Å². The Labute approximate surface area is 255 Å². The van der Waals surface area contributed by atoms with Gasteiger partial charge in [-0.3, -0.25) is 19.0 Å². The molecule has 2 aromatic carbocycles. The van der Waals surface area contributed by atoms with Crippen LogP contribution in [0.3, 0.4) is 0 Å². The topological polar surface area (TPSA) is 139 Å². The fourth-order valence-corrected chi connectivity index (χ4v) is 5.61. The minimum absolute atomic E-state index is 0.211. The summed E-state index contributed by atoms with van der Waals surface area (Å²) in [6, 6.07) is 17.3. The number of rotatable bonds is 12. The molecular weight excluding hydrogens is 599 g/mol. The first-order valence-electron chi connectivity index (χ1n) is 13.3. The fourth-order valence-electron chi connectivity index (χ4n) is 3.90. The normalized spacial score (nSPS) is 14.2. The zero-order valence-corrected chi connectivity index (χ0v) is 25.8.